The minimum Gasteiger partial charge on any atom is -0.378 e. The van der Waals surface area contributed by atoms with E-state index in [4.69, 9.17) is 19.9 Å². The highest BCUT2D eigenvalue weighted by Gasteiger charge is 2.14. The molecule has 0 saturated heterocycles. The Hall–Kier alpha value is -5.12. The van der Waals surface area contributed by atoms with Gasteiger partial charge in [-0.05, 0) is 48.5 Å². The van der Waals surface area contributed by atoms with Crippen molar-refractivity contribution in [2.45, 2.75) is 0 Å². The number of fused-ring (bicyclic) bond motifs is 10. The van der Waals surface area contributed by atoms with Crippen LogP contribution in [0.3, 0.4) is 0 Å². The summed E-state index contributed by atoms with van der Waals surface area (Å²) in [6.45, 7) is 0. The van der Waals surface area contributed by atoms with Crippen LogP contribution in [-0.2, 0) is 0 Å². The van der Waals surface area contributed by atoms with Crippen molar-refractivity contribution in [3.8, 4) is 0 Å². The molecule has 0 aliphatic heterocycles. The molecule has 5 heterocycles. The van der Waals surface area contributed by atoms with Gasteiger partial charge in [0.2, 0.25) is 0 Å². The molecule has 0 aromatic carbocycles. The van der Waals surface area contributed by atoms with Gasteiger partial charge in [-0.25, -0.2) is 19.9 Å². The molecule has 5 aromatic heterocycles. The number of nitrogens with zero attached hydrogens (tertiary/aromatic N) is 10. The summed E-state index contributed by atoms with van der Waals surface area (Å²) in [6, 6.07) is 20.7. The minimum absolute atomic E-state index is 0.774. The predicted molar refractivity (Wildman–Crippen MR) is 195 cm³/mol. The van der Waals surface area contributed by atoms with Gasteiger partial charge in [0.25, 0.3) is 0 Å². The first-order chi connectivity index (χ1) is 21.8. The van der Waals surface area contributed by atoms with Gasteiger partial charge in [0.15, 0.2) is 0 Å². The Labute approximate surface area is 271 Å². The van der Waals surface area contributed by atoms with Crippen LogP contribution in [0.4, 0.5) is 11.4 Å². The van der Waals surface area contributed by atoms with Crippen LogP contribution in [0.15, 0.2) is 60.7 Å². The monoisotopic (exact) mass is 618 g/mol. The highest BCUT2D eigenvalue weighted by atomic mass is 15.3. The summed E-state index contributed by atoms with van der Waals surface area (Å²) in [5, 5.41) is 1.84. The second kappa shape index (κ2) is 12.7. The van der Waals surface area contributed by atoms with Crippen LogP contribution in [0.2, 0.25) is 0 Å². The summed E-state index contributed by atoms with van der Waals surface area (Å²) < 4.78 is 0. The summed E-state index contributed by atoms with van der Waals surface area (Å²) in [6.07, 6.45) is 0. The zero-order valence-corrected chi connectivity index (χ0v) is 29.2. The molecule has 0 aliphatic carbocycles. The quantitative estimate of drug-likeness (QED) is 0.282. The third-order valence-corrected chi connectivity index (χ3v) is 7.84. The van der Waals surface area contributed by atoms with Crippen molar-refractivity contribution in [2.75, 3.05) is 94.4 Å². The number of anilines is 2. The van der Waals surface area contributed by atoms with E-state index in [1.54, 1.807) is 0 Å². The second-order valence-electron chi connectivity index (χ2n) is 12.8. The molecule has 0 N–H and O–H groups in total. The topological polar surface area (TPSA) is 71.0 Å². The molecular formula is C36H46N10. The number of rotatable bonds is 6. The van der Waals surface area contributed by atoms with Gasteiger partial charge in [-0.15, -0.1) is 0 Å². The zero-order chi connectivity index (χ0) is 33.4. The van der Waals surface area contributed by atoms with Gasteiger partial charge in [-0.1, -0.05) is 12.1 Å². The Morgan fingerprint density at radius 1 is 0.370 bits per heavy atom. The SMILES string of the molecule is CN(C)C(=c1c2cccc(n2)c2cc(N(C)C)cc(n2)c(=C(N(C)C)N(C)C)c2cc(N(C)C)cc(n2)c2cccc1n2)N(C)C. The Morgan fingerprint density at radius 2 is 0.652 bits per heavy atom. The van der Waals surface area contributed by atoms with Crippen LogP contribution in [0, 0.1) is 0 Å². The van der Waals surface area contributed by atoms with Gasteiger partial charge in [0, 0.05) is 95.9 Å². The first-order valence-corrected chi connectivity index (χ1v) is 15.3. The summed E-state index contributed by atoms with van der Waals surface area (Å²) in [7, 11) is 24.6. The van der Waals surface area contributed by atoms with Gasteiger partial charge < -0.3 is 29.4 Å². The average Bonchev–Trinajstić information content (AvgIpc) is 3.00. The van der Waals surface area contributed by atoms with E-state index < -0.39 is 0 Å². The Balaban J connectivity index is 2.30. The second-order valence-corrected chi connectivity index (χ2v) is 12.8. The van der Waals surface area contributed by atoms with E-state index in [2.05, 4.69) is 122 Å². The molecule has 0 unspecified atom stereocenters. The third-order valence-electron chi connectivity index (χ3n) is 7.84. The lowest BCUT2D eigenvalue weighted by molar-refractivity contribution is 0.432. The Bertz CT molecular complexity index is 1990. The fourth-order valence-electron chi connectivity index (χ4n) is 5.92. The molecule has 0 spiro atoms. The molecule has 5 aromatic rings. The van der Waals surface area contributed by atoms with Crippen LogP contribution in [0.1, 0.15) is 0 Å². The molecular weight excluding hydrogens is 572 g/mol. The van der Waals surface area contributed by atoms with Crippen LogP contribution in [0.25, 0.3) is 55.8 Å². The summed E-state index contributed by atoms with van der Waals surface area (Å²) >= 11 is 0. The third kappa shape index (κ3) is 6.20. The van der Waals surface area contributed by atoms with Gasteiger partial charge in [-0.3, -0.25) is 0 Å². The van der Waals surface area contributed by atoms with Crippen molar-refractivity contribution >= 4 is 67.2 Å². The number of aromatic nitrogens is 4. The summed E-state index contributed by atoms with van der Waals surface area (Å²) in [4.78, 5) is 33.9. The molecule has 10 heteroatoms. The standard InChI is InChI=1S/C36H46N10/c1-41(2)23-19-29-25-15-13-17-27(37-25)33(35(43(5)6)44(7)8)28-18-14-16-26(38-28)30-20-24(42(3)4)22-32(40-30)34(31(21-23)39-29)36(45(9)10)46(11)12/h13-22H,1-12H3. The molecule has 0 atom stereocenters. The van der Waals surface area contributed by atoms with Crippen LogP contribution in [0.5, 0.6) is 0 Å². The average molecular weight is 619 g/mol. The smallest absolute Gasteiger partial charge is 0.115 e. The van der Waals surface area contributed by atoms with Crippen molar-refractivity contribution in [1.29, 1.82) is 0 Å². The molecule has 0 radical (unpaired) electrons. The van der Waals surface area contributed by atoms with E-state index in [1.807, 2.05) is 52.5 Å². The van der Waals surface area contributed by atoms with Gasteiger partial charge in [-0.2, -0.15) is 0 Å². The molecule has 0 fully saturated rings. The molecule has 5 rings (SSSR count). The van der Waals surface area contributed by atoms with Crippen LogP contribution in [-0.4, -0.2) is 124 Å². The molecule has 0 saturated carbocycles. The summed E-state index contributed by atoms with van der Waals surface area (Å²) in [5.74, 6) is 1.96. The normalized spacial score (nSPS) is 11.0. The molecule has 240 valence electrons. The Kier molecular flexibility index (Phi) is 8.92. The first-order valence-electron chi connectivity index (χ1n) is 15.3. The van der Waals surface area contributed by atoms with Crippen LogP contribution >= 0.6 is 0 Å². The van der Waals surface area contributed by atoms with E-state index in [-0.39, 0.29) is 0 Å². The van der Waals surface area contributed by atoms with Crippen molar-refractivity contribution in [3.05, 3.63) is 71.1 Å². The molecule has 8 bridgehead atoms. The molecule has 0 amide bonds. The van der Waals surface area contributed by atoms with Gasteiger partial charge >= 0.3 is 0 Å². The van der Waals surface area contributed by atoms with Crippen LogP contribution < -0.4 is 20.2 Å². The highest BCUT2D eigenvalue weighted by molar-refractivity contribution is 5.87. The fourth-order valence-corrected chi connectivity index (χ4v) is 5.92. The lowest BCUT2D eigenvalue weighted by Crippen LogP contribution is -2.31. The lowest BCUT2D eigenvalue weighted by Gasteiger charge is -2.25. The van der Waals surface area contributed by atoms with Crippen molar-refractivity contribution in [3.63, 3.8) is 0 Å². The summed E-state index contributed by atoms with van der Waals surface area (Å²) in [5.41, 5.74) is 8.35. The number of pyridine rings is 4. The predicted octanol–water partition coefficient (Wildman–Crippen LogP) is 3.51. The van der Waals surface area contributed by atoms with Crippen molar-refractivity contribution in [2.24, 2.45) is 0 Å². The highest BCUT2D eigenvalue weighted by Crippen LogP contribution is 2.22. The number of hydrogen-bond donors (Lipinski definition) is 0. The van der Waals surface area contributed by atoms with E-state index in [9.17, 15) is 0 Å². The van der Waals surface area contributed by atoms with E-state index in [0.717, 1.165) is 77.6 Å². The first kappa shape index (κ1) is 32.3. The fraction of sp³-hybridized carbons (Fsp3) is 0.333. The van der Waals surface area contributed by atoms with E-state index in [0.29, 0.717) is 0 Å². The number of hydrogen-bond acceptors (Lipinski definition) is 10. The maximum atomic E-state index is 5.33. The van der Waals surface area contributed by atoms with E-state index in [1.165, 1.54) is 0 Å². The molecule has 0 aliphatic rings. The maximum Gasteiger partial charge on any atom is 0.115 e. The molecule has 46 heavy (non-hydrogen) atoms. The van der Waals surface area contributed by atoms with E-state index >= 15 is 0 Å². The van der Waals surface area contributed by atoms with Crippen molar-refractivity contribution in [1.82, 2.24) is 39.5 Å². The van der Waals surface area contributed by atoms with Crippen molar-refractivity contribution < 1.29 is 0 Å². The minimum atomic E-state index is 0.774. The van der Waals surface area contributed by atoms with Gasteiger partial charge in [0.05, 0.1) is 54.6 Å². The molecule has 10 nitrogen and oxygen atoms in total. The Morgan fingerprint density at radius 3 is 0.978 bits per heavy atom. The van der Waals surface area contributed by atoms with Gasteiger partial charge in [0.1, 0.15) is 11.6 Å². The largest absolute Gasteiger partial charge is 0.378 e. The lowest BCUT2D eigenvalue weighted by atomic mass is 10.1. The zero-order valence-electron chi connectivity index (χ0n) is 29.2. The maximum absolute atomic E-state index is 5.33.